The standard InChI is InChI=1S/C22H24BrNO6S/c1-27-19-17-11-7-9-16(31-5)15(25)10-13(11)14(24-22(26)30-4)8-6-12(17)18(23)20(28-2)21(19)29-3/h7,9-10,14H,6,8H2,1-5H3,(H,24,26)/t14-/m0/s1. The molecular formula is C22H24BrNO6S. The highest BCUT2D eigenvalue weighted by molar-refractivity contribution is 9.10. The summed E-state index contributed by atoms with van der Waals surface area (Å²) < 4.78 is 22.6. The molecule has 31 heavy (non-hydrogen) atoms. The van der Waals surface area contributed by atoms with Crippen LogP contribution in [0.25, 0.3) is 11.1 Å². The van der Waals surface area contributed by atoms with Crippen molar-refractivity contribution < 1.29 is 23.7 Å². The number of alkyl carbamates (subject to hydrolysis) is 1. The molecule has 1 amide bonds. The molecule has 0 saturated carbocycles. The third kappa shape index (κ3) is 4.21. The van der Waals surface area contributed by atoms with Crippen LogP contribution in [0.3, 0.4) is 0 Å². The Morgan fingerprint density at radius 3 is 2.35 bits per heavy atom. The summed E-state index contributed by atoms with van der Waals surface area (Å²) in [5.41, 5.74) is 3.07. The first-order valence-electron chi connectivity index (χ1n) is 9.49. The van der Waals surface area contributed by atoms with E-state index in [0.29, 0.717) is 40.5 Å². The maximum Gasteiger partial charge on any atom is 0.407 e. The lowest BCUT2D eigenvalue weighted by atomic mass is 9.95. The molecule has 9 heteroatoms. The Hall–Kier alpha value is -2.39. The molecule has 0 heterocycles. The molecule has 0 saturated heterocycles. The number of ether oxygens (including phenoxy) is 4. The lowest BCUT2D eigenvalue weighted by Crippen LogP contribution is -2.28. The molecule has 1 aliphatic rings. The number of fused-ring (bicyclic) bond motifs is 3. The number of benzene rings is 1. The Balaban J connectivity index is 2.44. The quantitative estimate of drug-likeness (QED) is 0.591. The van der Waals surface area contributed by atoms with E-state index in [2.05, 4.69) is 21.2 Å². The Labute approximate surface area is 193 Å². The molecule has 7 nitrogen and oxygen atoms in total. The fraction of sp³-hybridized carbons (Fsp3) is 0.364. The molecule has 0 bridgehead atoms. The summed E-state index contributed by atoms with van der Waals surface area (Å²) in [6, 6.07) is 4.83. The molecule has 166 valence electrons. The van der Waals surface area contributed by atoms with Gasteiger partial charge in [-0.15, -0.1) is 11.8 Å². The zero-order valence-electron chi connectivity index (χ0n) is 18.0. The summed E-state index contributed by atoms with van der Waals surface area (Å²) in [6.45, 7) is 0. The van der Waals surface area contributed by atoms with Gasteiger partial charge in [-0.1, -0.05) is 6.07 Å². The summed E-state index contributed by atoms with van der Waals surface area (Å²) in [5, 5.41) is 2.87. The number of amides is 1. The van der Waals surface area contributed by atoms with Crippen LogP contribution < -0.4 is 25.0 Å². The number of methoxy groups -OCH3 is 4. The van der Waals surface area contributed by atoms with Crippen LogP contribution in [0, 0.1) is 0 Å². The molecule has 0 spiro atoms. The molecule has 0 unspecified atom stereocenters. The van der Waals surface area contributed by atoms with E-state index >= 15 is 0 Å². The second kappa shape index (κ2) is 9.82. The monoisotopic (exact) mass is 509 g/mol. The predicted octanol–water partition coefficient (Wildman–Crippen LogP) is 4.57. The Morgan fingerprint density at radius 1 is 1.10 bits per heavy atom. The minimum Gasteiger partial charge on any atom is -0.492 e. The first-order chi connectivity index (χ1) is 14.9. The van der Waals surface area contributed by atoms with Gasteiger partial charge in [-0.05, 0) is 63.9 Å². The average Bonchev–Trinajstić information content (AvgIpc) is 3.02. The van der Waals surface area contributed by atoms with E-state index < -0.39 is 12.1 Å². The average molecular weight is 510 g/mol. The Kier molecular flexibility index (Phi) is 7.38. The van der Waals surface area contributed by atoms with Crippen molar-refractivity contribution in [1.82, 2.24) is 5.32 Å². The van der Waals surface area contributed by atoms with E-state index in [1.54, 1.807) is 33.5 Å². The molecule has 2 aromatic carbocycles. The molecule has 1 aliphatic carbocycles. The number of carbonyl (C=O) groups is 1. The van der Waals surface area contributed by atoms with E-state index in [0.717, 1.165) is 21.2 Å². The van der Waals surface area contributed by atoms with Crippen LogP contribution in [0.5, 0.6) is 17.2 Å². The van der Waals surface area contributed by atoms with Crippen molar-refractivity contribution in [3.63, 3.8) is 0 Å². The van der Waals surface area contributed by atoms with Crippen molar-refractivity contribution in [3.05, 3.63) is 44.0 Å². The molecule has 2 aromatic rings. The maximum absolute atomic E-state index is 12.8. The van der Waals surface area contributed by atoms with Crippen molar-refractivity contribution in [2.45, 2.75) is 23.8 Å². The van der Waals surface area contributed by atoms with Gasteiger partial charge in [-0.2, -0.15) is 0 Å². The fourth-order valence-electron chi connectivity index (χ4n) is 3.89. The lowest BCUT2D eigenvalue weighted by molar-refractivity contribution is 0.166. The lowest BCUT2D eigenvalue weighted by Gasteiger charge is -2.21. The third-order valence-electron chi connectivity index (χ3n) is 5.28. The summed E-state index contributed by atoms with van der Waals surface area (Å²) in [7, 11) is 5.99. The van der Waals surface area contributed by atoms with Crippen molar-refractivity contribution in [2.75, 3.05) is 34.7 Å². The minimum absolute atomic E-state index is 0.118. The zero-order chi connectivity index (χ0) is 22.7. The van der Waals surface area contributed by atoms with Gasteiger partial charge < -0.3 is 24.3 Å². The van der Waals surface area contributed by atoms with Crippen LogP contribution in [-0.2, 0) is 11.2 Å². The highest BCUT2D eigenvalue weighted by Crippen LogP contribution is 2.54. The summed E-state index contributed by atoms with van der Waals surface area (Å²) in [6.07, 6.45) is 2.42. The van der Waals surface area contributed by atoms with Gasteiger partial charge in [0.1, 0.15) is 0 Å². The van der Waals surface area contributed by atoms with Gasteiger partial charge in [0.2, 0.25) is 5.75 Å². The van der Waals surface area contributed by atoms with Crippen LogP contribution in [0.2, 0.25) is 0 Å². The second-order valence-electron chi connectivity index (χ2n) is 6.77. The number of hydrogen-bond donors (Lipinski definition) is 1. The van der Waals surface area contributed by atoms with Crippen LogP contribution >= 0.6 is 27.7 Å². The molecule has 1 atom stereocenters. The molecular weight excluding hydrogens is 486 g/mol. The number of halogens is 1. The van der Waals surface area contributed by atoms with E-state index in [-0.39, 0.29) is 5.43 Å². The van der Waals surface area contributed by atoms with Crippen molar-refractivity contribution in [1.29, 1.82) is 0 Å². The van der Waals surface area contributed by atoms with E-state index in [4.69, 9.17) is 18.9 Å². The molecule has 1 N–H and O–H groups in total. The highest BCUT2D eigenvalue weighted by Gasteiger charge is 2.32. The minimum atomic E-state index is -0.563. The Morgan fingerprint density at radius 2 is 1.77 bits per heavy atom. The van der Waals surface area contributed by atoms with Crippen LogP contribution in [-0.4, -0.2) is 40.8 Å². The predicted molar refractivity (Wildman–Crippen MR) is 124 cm³/mol. The molecule has 0 fully saturated rings. The van der Waals surface area contributed by atoms with Crippen molar-refractivity contribution in [3.8, 4) is 28.4 Å². The van der Waals surface area contributed by atoms with Gasteiger partial charge in [0.15, 0.2) is 16.9 Å². The fourth-order valence-corrected chi connectivity index (χ4v) is 5.09. The normalized spacial score (nSPS) is 14.6. The number of carbonyl (C=O) groups excluding carboxylic acids is 1. The molecule has 3 rings (SSSR count). The summed E-state index contributed by atoms with van der Waals surface area (Å²) in [5.74, 6) is 1.47. The summed E-state index contributed by atoms with van der Waals surface area (Å²) in [4.78, 5) is 25.5. The van der Waals surface area contributed by atoms with Gasteiger partial charge in [-0.25, -0.2) is 4.79 Å². The number of nitrogens with one attached hydrogen (secondary N) is 1. The van der Waals surface area contributed by atoms with E-state index in [9.17, 15) is 9.59 Å². The maximum atomic E-state index is 12.8. The van der Waals surface area contributed by atoms with Gasteiger partial charge in [0.05, 0.1) is 43.8 Å². The van der Waals surface area contributed by atoms with Crippen molar-refractivity contribution >= 4 is 33.8 Å². The first-order valence-corrected chi connectivity index (χ1v) is 11.5. The molecule has 0 aromatic heterocycles. The van der Waals surface area contributed by atoms with Gasteiger partial charge in [0.25, 0.3) is 0 Å². The topological polar surface area (TPSA) is 83.1 Å². The van der Waals surface area contributed by atoms with Gasteiger partial charge >= 0.3 is 6.09 Å². The first kappa shape index (κ1) is 23.3. The van der Waals surface area contributed by atoms with E-state index in [1.165, 1.54) is 18.9 Å². The second-order valence-corrected chi connectivity index (χ2v) is 8.41. The van der Waals surface area contributed by atoms with Gasteiger partial charge in [-0.3, -0.25) is 4.79 Å². The molecule has 0 radical (unpaired) electrons. The zero-order valence-corrected chi connectivity index (χ0v) is 20.4. The third-order valence-corrected chi connectivity index (χ3v) is 6.90. The van der Waals surface area contributed by atoms with Gasteiger partial charge in [0, 0.05) is 5.56 Å². The van der Waals surface area contributed by atoms with Crippen LogP contribution in [0.15, 0.2) is 32.4 Å². The van der Waals surface area contributed by atoms with Crippen LogP contribution in [0.1, 0.15) is 23.6 Å². The smallest absolute Gasteiger partial charge is 0.407 e. The van der Waals surface area contributed by atoms with Crippen molar-refractivity contribution in [2.24, 2.45) is 0 Å². The molecule has 0 aliphatic heterocycles. The highest BCUT2D eigenvalue weighted by atomic mass is 79.9. The largest absolute Gasteiger partial charge is 0.492 e. The van der Waals surface area contributed by atoms with Crippen LogP contribution in [0.4, 0.5) is 4.79 Å². The number of thioether (sulfide) groups is 1. The number of rotatable bonds is 5. The van der Waals surface area contributed by atoms with E-state index in [1.807, 2.05) is 12.3 Å². The Bertz CT molecular complexity index is 1070. The SMILES string of the molecule is COC(=O)N[C@H]1CCc2c(Br)c(OC)c(OC)c(OC)c2-c2ccc(SC)c(=O)cc21. The number of hydrogen-bond acceptors (Lipinski definition) is 7. The summed E-state index contributed by atoms with van der Waals surface area (Å²) >= 11 is 5.04.